The van der Waals surface area contributed by atoms with Gasteiger partial charge in [0.1, 0.15) is 11.5 Å². The lowest BCUT2D eigenvalue weighted by molar-refractivity contribution is 0.168. The van der Waals surface area contributed by atoms with E-state index in [0.29, 0.717) is 12.1 Å². The molecular weight excluding hydrogens is 324 g/mol. The number of hydrogen-bond acceptors (Lipinski definition) is 4. The molecule has 26 heavy (non-hydrogen) atoms. The van der Waals surface area contributed by atoms with Crippen LogP contribution in [0.25, 0.3) is 0 Å². The third kappa shape index (κ3) is 3.44. The van der Waals surface area contributed by atoms with Crippen molar-refractivity contribution < 1.29 is 9.47 Å². The fourth-order valence-electron chi connectivity index (χ4n) is 4.38. The van der Waals surface area contributed by atoms with Crippen LogP contribution in [0.1, 0.15) is 48.9 Å². The number of piperazine rings is 1. The second-order valence-corrected chi connectivity index (χ2v) is 7.33. The number of hydrogen-bond donors (Lipinski definition) is 2. The van der Waals surface area contributed by atoms with Gasteiger partial charge in [-0.15, -0.1) is 0 Å². The summed E-state index contributed by atoms with van der Waals surface area (Å²) in [4.78, 5) is 0. The van der Waals surface area contributed by atoms with Gasteiger partial charge in [-0.1, -0.05) is 37.1 Å². The zero-order valence-electron chi connectivity index (χ0n) is 15.6. The Kier molecular flexibility index (Phi) is 5.14. The summed E-state index contributed by atoms with van der Waals surface area (Å²) in [6.45, 7) is 0. The third-order valence-corrected chi connectivity index (χ3v) is 5.84. The van der Waals surface area contributed by atoms with Gasteiger partial charge in [-0.05, 0) is 48.2 Å². The maximum Gasteiger partial charge on any atom is 0.118 e. The lowest BCUT2D eigenvalue weighted by Gasteiger charge is -2.46. The molecule has 138 valence electrons. The van der Waals surface area contributed by atoms with Crippen LogP contribution in [0.5, 0.6) is 11.5 Å². The molecule has 2 aromatic carbocycles. The molecule has 1 saturated carbocycles. The highest BCUT2D eigenvalue weighted by Crippen LogP contribution is 2.37. The van der Waals surface area contributed by atoms with E-state index in [1.54, 1.807) is 14.2 Å². The van der Waals surface area contributed by atoms with Gasteiger partial charge in [0.2, 0.25) is 0 Å². The molecule has 2 aromatic rings. The van der Waals surface area contributed by atoms with Gasteiger partial charge in [0, 0.05) is 12.1 Å². The summed E-state index contributed by atoms with van der Waals surface area (Å²) in [5, 5.41) is 7.90. The minimum atomic E-state index is 0.244. The topological polar surface area (TPSA) is 42.5 Å². The Morgan fingerprint density at radius 1 is 0.654 bits per heavy atom. The molecular formula is C22H28N2O2. The van der Waals surface area contributed by atoms with Gasteiger partial charge >= 0.3 is 0 Å². The van der Waals surface area contributed by atoms with Crippen molar-refractivity contribution in [2.45, 2.75) is 49.9 Å². The number of ether oxygens (including phenoxy) is 2. The Morgan fingerprint density at radius 3 is 1.38 bits per heavy atom. The summed E-state index contributed by atoms with van der Waals surface area (Å²) in [6.07, 6.45) is 5.13. The molecule has 4 atom stereocenters. The molecule has 4 rings (SSSR count). The van der Waals surface area contributed by atoms with Crippen LogP contribution in [0.4, 0.5) is 0 Å². The molecule has 0 unspecified atom stereocenters. The summed E-state index contributed by atoms with van der Waals surface area (Å²) < 4.78 is 10.7. The number of methoxy groups -OCH3 is 2. The van der Waals surface area contributed by atoms with Gasteiger partial charge in [0.15, 0.2) is 0 Å². The summed E-state index contributed by atoms with van der Waals surface area (Å²) >= 11 is 0. The van der Waals surface area contributed by atoms with Crippen molar-refractivity contribution in [3.63, 3.8) is 0 Å². The van der Waals surface area contributed by atoms with Crippen LogP contribution >= 0.6 is 0 Å². The Bertz CT molecular complexity index is 650. The standard InChI is InChI=1S/C22H28N2O2/c1-25-17-11-7-15(8-12-17)21-22(16-9-13-18(26-2)14-10-16)24-20-6-4-3-5-19(20)23-21/h7-14,19-24H,3-6H2,1-2H3/t19-,20-,21+,22+/m1/s1. The summed E-state index contributed by atoms with van der Waals surface area (Å²) in [5.74, 6) is 1.79. The molecule has 0 bridgehead atoms. The van der Waals surface area contributed by atoms with Crippen molar-refractivity contribution >= 4 is 0 Å². The minimum absolute atomic E-state index is 0.244. The first-order valence-corrected chi connectivity index (χ1v) is 9.58. The van der Waals surface area contributed by atoms with Crippen LogP contribution in [0.2, 0.25) is 0 Å². The largest absolute Gasteiger partial charge is 0.497 e. The van der Waals surface area contributed by atoms with E-state index in [-0.39, 0.29) is 12.1 Å². The van der Waals surface area contributed by atoms with E-state index in [9.17, 15) is 0 Å². The molecule has 1 saturated heterocycles. The summed E-state index contributed by atoms with van der Waals surface area (Å²) in [5.41, 5.74) is 2.59. The summed E-state index contributed by atoms with van der Waals surface area (Å²) in [6, 6.07) is 18.5. The first kappa shape index (κ1) is 17.4. The van der Waals surface area contributed by atoms with Crippen molar-refractivity contribution in [1.29, 1.82) is 0 Å². The Hall–Kier alpha value is -2.04. The molecule has 0 spiro atoms. The average molecular weight is 352 g/mol. The maximum atomic E-state index is 5.33. The Balaban J connectivity index is 1.65. The third-order valence-electron chi connectivity index (χ3n) is 5.84. The SMILES string of the molecule is COc1ccc([C@@H]2N[C@@H]3CCCC[C@H]3N[C@H]2c2ccc(OC)cc2)cc1. The Morgan fingerprint density at radius 2 is 1.04 bits per heavy atom. The van der Waals surface area contributed by atoms with Crippen LogP contribution in [-0.2, 0) is 0 Å². The molecule has 4 heteroatoms. The van der Waals surface area contributed by atoms with E-state index in [1.807, 2.05) is 0 Å². The van der Waals surface area contributed by atoms with E-state index in [0.717, 1.165) is 11.5 Å². The highest BCUT2D eigenvalue weighted by atomic mass is 16.5. The second kappa shape index (κ2) is 7.68. The number of nitrogens with one attached hydrogen (secondary N) is 2. The molecule has 2 aliphatic rings. The second-order valence-electron chi connectivity index (χ2n) is 7.33. The zero-order chi connectivity index (χ0) is 17.9. The smallest absolute Gasteiger partial charge is 0.118 e. The van der Waals surface area contributed by atoms with Crippen molar-refractivity contribution in [2.24, 2.45) is 0 Å². The average Bonchev–Trinajstić information content (AvgIpc) is 2.73. The van der Waals surface area contributed by atoms with Crippen molar-refractivity contribution in [3.8, 4) is 11.5 Å². The van der Waals surface area contributed by atoms with E-state index in [2.05, 4.69) is 59.2 Å². The van der Waals surface area contributed by atoms with Gasteiger partial charge in [-0.3, -0.25) is 0 Å². The highest BCUT2D eigenvalue weighted by Gasteiger charge is 2.38. The van der Waals surface area contributed by atoms with E-state index in [4.69, 9.17) is 9.47 Å². The van der Waals surface area contributed by atoms with E-state index in [1.165, 1.54) is 36.8 Å². The predicted molar refractivity (Wildman–Crippen MR) is 104 cm³/mol. The predicted octanol–water partition coefficient (Wildman–Crippen LogP) is 3.99. The molecule has 0 amide bonds. The molecule has 0 radical (unpaired) electrons. The number of rotatable bonds is 4. The van der Waals surface area contributed by atoms with Crippen LogP contribution in [0, 0.1) is 0 Å². The fraction of sp³-hybridized carbons (Fsp3) is 0.455. The monoisotopic (exact) mass is 352 g/mol. The van der Waals surface area contributed by atoms with E-state index < -0.39 is 0 Å². The normalized spacial score (nSPS) is 28.2. The van der Waals surface area contributed by atoms with E-state index >= 15 is 0 Å². The first-order valence-electron chi connectivity index (χ1n) is 9.58. The minimum Gasteiger partial charge on any atom is -0.497 e. The zero-order valence-corrected chi connectivity index (χ0v) is 15.6. The number of fused-ring (bicyclic) bond motifs is 1. The lowest BCUT2D eigenvalue weighted by Crippen LogP contribution is -2.59. The van der Waals surface area contributed by atoms with Crippen LogP contribution in [0.3, 0.4) is 0 Å². The van der Waals surface area contributed by atoms with Crippen molar-refractivity contribution in [3.05, 3.63) is 59.7 Å². The Labute approximate surface area is 155 Å². The highest BCUT2D eigenvalue weighted by molar-refractivity contribution is 5.35. The number of benzene rings is 2. The molecule has 2 fully saturated rings. The van der Waals surface area contributed by atoms with Crippen LogP contribution < -0.4 is 20.1 Å². The fourth-order valence-corrected chi connectivity index (χ4v) is 4.38. The van der Waals surface area contributed by atoms with Crippen molar-refractivity contribution in [1.82, 2.24) is 10.6 Å². The molecule has 4 nitrogen and oxygen atoms in total. The summed E-state index contributed by atoms with van der Waals surface area (Å²) in [7, 11) is 3.42. The van der Waals surface area contributed by atoms with Gasteiger partial charge < -0.3 is 20.1 Å². The van der Waals surface area contributed by atoms with Gasteiger partial charge in [-0.25, -0.2) is 0 Å². The quantitative estimate of drug-likeness (QED) is 0.873. The molecule has 1 aliphatic carbocycles. The molecule has 1 aliphatic heterocycles. The maximum absolute atomic E-state index is 5.33. The van der Waals surface area contributed by atoms with Gasteiger partial charge in [-0.2, -0.15) is 0 Å². The molecule has 0 aromatic heterocycles. The van der Waals surface area contributed by atoms with Gasteiger partial charge in [0.05, 0.1) is 26.3 Å². The molecule has 1 heterocycles. The van der Waals surface area contributed by atoms with Crippen molar-refractivity contribution in [2.75, 3.05) is 14.2 Å². The lowest BCUT2D eigenvalue weighted by atomic mass is 9.82. The van der Waals surface area contributed by atoms with Gasteiger partial charge in [0.25, 0.3) is 0 Å². The van der Waals surface area contributed by atoms with Crippen LogP contribution in [-0.4, -0.2) is 26.3 Å². The first-order chi connectivity index (χ1) is 12.8. The van der Waals surface area contributed by atoms with Crippen LogP contribution in [0.15, 0.2) is 48.5 Å². The molecule has 2 N–H and O–H groups in total.